The predicted octanol–water partition coefficient (Wildman–Crippen LogP) is 2.15. The molecule has 1 heterocycles. The van der Waals surface area contributed by atoms with Gasteiger partial charge in [0.05, 0.1) is 36.9 Å². The summed E-state index contributed by atoms with van der Waals surface area (Å²) < 4.78 is 7.12. The SMILES string of the molecule is COc1cccc(C[NH+](C)CC(=O)Nc2c(C)nn(-c3ccccc3)c2C)c1. The molecule has 0 radical (unpaired) electrons. The van der Waals surface area contributed by atoms with E-state index in [2.05, 4.69) is 10.4 Å². The van der Waals surface area contributed by atoms with E-state index in [0.29, 0.717) is 6.54 Å². The monoisotopic (exact) mass is 379 g/mol. The third-order valence-corrected chi connectivity index (χ3v) is 4.66. The van der Waals surface area contributed by atoms with Crippen molar-refractivity contribution in [2.45, 2.75) is 20.4 Å². The normalized spacial score (nSPS) is 11.9. The Labute approximate surface area is 165 Å². The Bertz CT molecular complexity index is 950. The predicted molar refractivity (Wildman–Crippen MR) is 110 cm³/mol. The van der Waals surface area contributed by atoms with E-state index in [1.165, 1.54) is 0 Å². The van der Waals surface area contributed by atoms with Crippen LogP contribution in [0.25, 0.3) is 5.69 Å². The van der Waals surface area contributed by atoms with Crippen LogP contribution in [0, 0.1) is 13.8 Å². The molecule has 0 saturated heterocycles. The molecular formula is C22H27N4O2+. The van der Waals surface area contributed by atoms with Crippen molar-refractivity contribution in [1.29, 1.82) is 0 Å². The molecule has 146 valence electrons. The summed E-state index contributed by atoms with van der Waals surface area (Å²) in [4.78, 5) is 13.7. The van der Waals surface area contributed by atoms with Gasteiger partial charge in [-0.3, -0.25) is 4.79 Å². The van der Waals surface area contributed by atoms with E-state index in [1.54, 1.807) is 7.11 Å². The molecule has 3 aromatic rings. The first-order chi connectivity index (χ1) is 13.5. The van der Waals surface area contributed by atoms with E-state index in [9.17, 15) is 4.79 Å². The number of nitrogens with one attached hydrogen (secondary N) is 2. The number of anilines is 1. The van der Waals surface area contributed by atoms with Crippen molar-refractivity contribution >= 4 is 11.6 Å². The van der Waals surface area contributed by atoms with Gasteiger partial charge in [-0.1, -0.05) is 30.3 Å². The minimum Gasteiger partial charge on any atom is -0.497 e. The molecule has 0 bridgehead atoms. The van der Waals surface area contributed by atoms with Crippen molar-refractivity contribution in [3.63, 3.8) is 0 Å². The molecule has 0 fully saturated rings. The second-order valence-electron chi connectivity index (χ2n) is 7.00. The maximum absolute atomic E-state index is 12.6. The first kappa shape index (κ1) is 19.6. The van der Waals surface area contributed by atoms with Gasteiger partial charge < -0.3 is 15.0 Å². The molecule has 1 atom stereocenters. The lowest BCUT2D eigenvalue weighted by Crippen LogP contribution is -3.08. The molecule has 0 spiro atoms. The van der Waals surface area contributed by atoms with Gasteiger partial charge in [0, 0.05) is 5.56 Å². The first-order valence-electron chi connectivity index (χ1n) is 9.33. The summed E-state index contributed by atoms with van der Waals surface area (Å²) in [6, 6.07) is 17.8. The highest BCUT2D eigenvalue weighted by atomic mass is 16.5. The van der Waals surface area contributed by atoms with E-state index < -0.39 is 0 Å². The van der Waals surface area contributed by atoms with Gasteiger partial charge in [0.2, 0.25) is 0 Å². The number of carbonyl (C=O) groups is 1. The molecule has 0 aliphatic carbocycles. The molecule has 2 aromatic carbocycles. The van der Waals surface area contributed by atoms with E-state index in [0.717, 1.165) is 45.5 Å². The number of para-hydroxylation sites is 1. The quantitative estimate of drug-likeness (QED) is 0.661. The number of carbonyl (C=O) groups excluding carboxylic acids is 1. The molecule has 28 heavy (non-hydrogen) atoms. The third kappa shape index (κ3) is 4.58. The standard InChI is InChI=1S/C22H26N4O2/c1-16-22(17(2)26(24-16)19-10-6-5-7-11-19)23-21(27)15-25(3)14-18-9-8-12-20(13-18)28-4/h5-13H,14-15H2,1-4H3,(H,23,27)/p+1. The summed E-state index contributed by atoms with van der Waals surface area (Å²) in [5.41, 5.74) is 4.61. The van der Waals surface area contributed by atoms with E-state index in [1.807, 2.05) is 80.2 Å². The van der Waals surface area contributed by atoms with Crippen LogP contribution in [0.1, 0.15) is 17.0 Å². The topological polar surface area (TPSA) is 60.6 Å². The maximum atomic E-state index is 12.6. The number of quaternary nitrogens is 1. The minimum atomic E-state index is -0.0285. The molecule has 6 nitrogen and oxygen atoms in total. The van der Waals surface area contributed by atoms with E-state index >= 15 is 0 Å². The average molecular weight is 379 g/mol. The van der Waals surface area contributed by atoms with Crippen LogP contribution in [0.3, 0.4) is 0 Å². The van der Waals surface area contributed by atoms with Gasteiger partial charge in [0.15, 0.2) is 6.54 Å². The highest BCUT2D eigenvalue weighted by Gasteiger charge is 2.17. The molecule has 1 unspecified atom stereocenters. The zero-order valence-electron chi connectivity index (χ0n) is 16.8. The van der Waals surface area contributed by atoms with Gasteiger partial charge in [-0.2, -0.15) is 5.10 Å². The summed E-state index contributed by atoms with van der Waals surface area (Å²) in [5, 5.41) is 7.62. The molecule has 1 aromatic heterocycles. The lowest BCUT2D eigenvalue weighted by atomic mass is 10.2. The van der Waals surface area contributed by atoms with Gasteiger partial charge >= 0.3 is 0 Å². The minimum absolute atomic E-state index is 0.0285. The Morgan fingerprint density at radius 3 is 2.61 bits per heavy atom. The summed E-state index contributed by atoms with van der Waals surface area (Å²) >= 11 is 0. The Kier molecular flexibility index (Phi) is 6.11. The van der Waals surface area contributed by atoms with Crippen LogP contribution >= 0.6 is 0 Å². The van der Waals surface area contributed by atoms with E-state index in [-0.39, 0.29) is 5.91 Å². The van der Waals surface area contributed by atoms with Crippen molar-refractivity contribution in [3.05, 3.63) is 71.5 Å². The lowest BCUT2D eigenvalue weighted by molar-refractivity contribution is -0.885. The number of benzene rings is 2. The Morgan fingerprint density at radius 1 is 1.14 bits per heavy atom. The number of methoxy groups -OCH3 is 1. The van der Waals surface area contributed by atoms with Crippen LogP contribution in [0.4, 0.5) is 5.69 Å². The van der Waals surface area contributed by atoms with E-state index in [4.69, 9.17) is 4.74 Å². The summed E-state index contributed by atoms with van der Waals surface area (Å²) in [7, 11) is 3.66. The molecule has 1 amide bonds. The van der Waals surface area contributed by atoms with Crippen molar-refractivity contribution in [2.75, 3.05) is 26.0 Å². The summed E-state index contributed by atoms with van der Waals surface area (Å²) in [6.45, 7) is 4.99. The van der Waals surface area contributed by atoms with Crippen LogP contribution < -0.4 is 15.0 Å². The highest BCUT2D eigenvalue weighted by molar-refractivity contribution is 5.92. The molecule has 2 N–H and O–H groups in total. The number of hydrogen-bond donors (Lipinski definition) is 2. The van der Waals surface area contributed by atoms with Crippen LogP contribution in [0.2, 0.25) is 0 Å². The zero-order chi connectivity index (χ0) is 20.1. The van der Waals surface area contributed by atoms with Crippen molar-refractivity contribution < 1.29 is 14.4 Å². The third-order valence-electron chi connectivity index (χ3n) is 4.66. The summed E-state index contributed by atoms with van der Waals surface area (Å²) in [6.07, 6.45) is 0. The lowest BCUT2D eigenvalue weighted by Gasteiger charge is -2.14. The Balaban J connectivity index is 1.65. The number of rotatable bonds is 7. The van der Waals surface area contributed by atoms with Crippen LogP contribution in [-0.4, -0.2) is 36.4 Å². The molecule has 0 aliphatic heterocycles. The van der Waals surface area contributed by atoms with Gasteiger partial charge in [-0.15, -0.1) is 0 Å². The van der Waals surface area contributed by atoms with Crippen molar-refractivity contribution in [1.82, 2.24) is 9.78 Å². The number of ether oxygens (including phenoxy) is 1. The number of hydrogen-bond acceptors (Lipinski definition) is 3. The van der Waals surface area contributed by atoms with Crippen LogP contribution in [0.5, 0.6) is 5.75 Å². The second kappa shape index (κ2) is 8.71. The summed E-state index contributed by atoms with van der Waals surface area (Å²) in [5.74, 6) is 0.800. The number of aromatic nitrogens is 2. The fraction of sp³-hybridized carbons (Fsp3) is 0.273. The number of amides is 1. The van der Waals surface area contributed by atoms with Gasteiger partial charge in [0.1, 0.15) is 12.3 Å². The largest absolute Gasteiger partial charge is 0.497 e. The molecule has 6 heteroatoms. The van der Waals surface area contributed by atoms with Gasteiger partial charge in [-0.25, -0.2) is 4.68 Å². The number of aryl methyl sites for hydroxylation is 1. The second-order valence-corrected chi connectivity index (χ2v) is 7.00. The average Bonchev–Trinajstić information content (AvgIpc) is 2.97. The van der Waals surface area contributed by atoms with Crippen molar-refractivity contribution in [3.8, 4) is 11.4 Å². The molecule has 0 aliphatic rings. The maximum Gasteiger partial charge on any atom is 0.279 e. The van der Waals surface area contributed by atoms with Gasteiger partial charge in [-0.05, 0) is 38.1 Å². The zero-order valence-corrected chi connectivity index (χ0v) is 16.8. The van der Waals surface area contributed by atoms with Gasteiger partial charge in [0.25, 0.3) is 5.91 Å². The number of likely N-dealkylation sites (N-methyl/N-ethyl adjacent to an activating group) is 1. The molecule has 3 rings (SSSR count). The smallest absolute Gasteiger partial charge is 0.279 e. The first-order valence-corrected chi connectivity index (χ1v) is 9.33. The Hall–Kier alpha value is -3.12. The number of nitrogens with zero attached hydrogens (tertiary/aromatic N) is 2. The van der Waals surface area contributed by atoms with Crippen LogP contribution in [-0.2, 0) is 11.3 Å². The van der Waals surface area contributed by atoms with Crippen molar-refractivity contribution in [2.24, 2.45) is 0 Å². The molecule has 0 saturated carbocycles. The van der Waals surface area contributed by atoms with Crippen LogP contribution in [0.15, 0.2) is 54.6 Å². The fourth-order valence-corrected chi connectivity index (χ4v) is 3.30. The molecular weight excluding hydrogens is 352 g/mol. The highest BCUT2D eigenvalue weighted by Crippen LogP contribution is 2.22. The Morgan fingerprint density at radius 2 is 1.89 bits per heavy atom. The fourth-order valence-electron chi connectivity index (χ4n) is 3.30.